The van der Waals surface area contributed by atoms with Crippen LogP contribution in [0.1, 0.15) is 74.8 Å². The predicted octanol–water partition coefficient (Wildman–Crippen LogP) is 6.41. The van der Waals surface area contributed by atoms with Gasteiger partial charge < -0.3 is 14.5 Å². The number of fused-ring (bicyclic) bond motifs is 4. The molecular weight excluding hydrogens is 470 g/mol. The number of nitrogens with zero attached hydrogens (tertiary/aromatic N) is 4. The molecule has 2 aliphatic carbocycles. The van der Waals surface area contributed by atoms with Gasteiger partial charge in [-0.15, -0.1) is 11.3 Å². The third-order valence-corrected chi connectivity index (χ3v) is 10.3. The Kier molecular flexibility index (Phi) is 5.58. The van der Waals surface area contributed by atoms with Crippen molar-refractivity contribution in [2.24, 2.45) is 23.7 Å². The van der Waals surface area contributed by atoms with E-state index in [2.05, 4.69) is 35.0 Å². The van der Waals surface area contributed by atoms with Crippen molar-refractivity contribution in [2.45, 2.75) is 64.2 Å². The summed E-state index contributed by atoms with van der Waals surface area (Å²) >= 11 is 1.86. The van der Waals surface area contributed by atoms with E-state index in [9.17, 15) is 0 Å². The average Bonchev–Trinajstić information content (AvgIpc) is 3.64. The largest absolute Gasteiger partial charge is 0.493 e. The minimum Gasteiger partial charge on any atom is -0.493 e. The third-order valence-electron chi connectivity index (χ3n) is 9.16. The van der Waals surface area contributed by atoms with Gasteiger partial charge in [0, 0.05) is 36.5 Å². The number of aromatic nitrogens is 5. The molecule has 7 nitrogen and oxygen atoms in total. The van der Waals surface area contributed by atoms with Crippen molar-refractivity contribution in [1.82, 2.24) is 24.6 Å². The molecule has 8 heteroatoms. The van der Waals surface area contributed by atoms with Crippen molar-refractivity contribution in [3.63, 3.8) is 0 Å². The van der Waals surface area contributed by atoms with Crippen LogP contribution in [-0.4, -0.2) is 44.9 Å². The topological polar surface area (TPSA) is 77.3 Å². The van der Waals surface area contributed by atoms with Gasteiger partial charge in [-0.3, -0.25) is 0 Å². The molecule has 4 aromatic rings. The molecule has 1 saturated heterocycles. The smallest absolute Gasteiger partial charge is 0.197 e. The van der Waals surface area contributed by atoms with E-state index in [1.54, 1.807) is 18.0 Å². The second-order valence-corrected chi connectivity index (χ2v) is 12.5. The van der Waals surface area contributed by atoms with Gasteiger partial charge in [0.25, 0.3) is 0 Å². The molecule has 0 radical (unpaired) electrons. The summed E-state index contributed by atoms with van der Waals surface area (Å²) in [6.45, 7) is 6.52. The summed E-state index contributed by atoms with van der Waals surface area (Å²) in [6, 6.07) is 2.05. The Morgan fingerprint density at radius 3 is 2.56 bits per heavy atom. The minimum absolute atomic E-state index is 0.348. The van der Waals surface area contributed by atoms with Crippen molar-refractivity contribution in [3.8, 4) is 17.0 Å². The number of methoxy groups -OCH3 is 1. The predicted molar refractivity (Wildman–Crippen MR) is 142 cm³/mol. The van der Waals surface area contributed by atoms with E-state index in [4.69, 9.17) is 14.5 Å². The van der Waals surface area contributed by atoms with Gasteiger partial charge in [-0.25, -0.2) is 14.5 Å². The summed E-state index contributed by atoms with van der Waals surface area (Å²) in [7, 11) is 1.68. The van der Waals surface area contributed by atoms with Gasteiger partial charge >= 0.3 is 0 Å². The summed E-state index contributed by atoms with van der Waals surface area (Å²) in [5.74, 6) is 5.13. The fraction of sp³-hybridized carbons (Fsp3) is 0.607. The molecule has 0 spiro atoms. The second-order valence-electron chi connectivity index (χ2n) is 11.4. The van der Waals surface area contributed by atoms with E-state index < -0.39 is 0 Å². The molecule has 2 bridgehead atoms. The van der Waals surface area contributed by atoms with Gasteiger partial charge in [0.15, 0.2) is 11.4 Å². The summed E-state index contributed by atoms with van der Waals surface area (Å²) in [5, 5.41) is 5.67. The lowest BCUT2D eigenvalue weighted by atomic mass is 9.69. The zero-order valence-corrected chi connectivity index (χ0v) is 22.2. The standard InChI is InChI=1S/C28H35N5O2S/c1-15(2)22-24(20-10-21(34-3)26-29-14-30-33(26)11-20)31-28-25(22)32-27(36-28)17-6-4-16(5-7-17)23-18-8-9-19(23)13-35-12-18/h10-11,14-19,23,31H,4-9,12-13H2,1-3H3/t16?,17?,18-,19+,23?. The molecule has 2 saturated carbocycles. The number of nitrogens with one attached hydrogen (secondary N) is 1. The molecule has 1 unspecified atom stereocenters. The van der Waals surface area contributed by atoms with Crippen LogP contribution in [0.3, 0.4) is 0 Å². The molecule has 3 atom stereocenters. The molecular formula is C28H35N5O2S. The van der Waals surface area contributed by atoms with E-state index in [0.717, 1.165) is 65.1 Å². The first-order valence-corrected chi connectivity index (χ1v) is 14.4. The van der Waals surface area contributed by atoms with Gasteiger partial charge in [-0.1, -0.05) is 13.8 Å². The Morgan fingerprint density at radius 1 is 1.08 bits per heavy atom. The van der Waals surface area contributed by atoms with Gasteiger partial charge in [0.2, 0.25) is 0 Å². The van der Waals surface area contributed by atoms with Crippen LogP contribution in [0.4, 0.5) is 0 Å². The van der Waals surface area contributed by atoms with Crippen LogP contribution < -0.4 is 4.74 Å². The molecule has 36 heavy (non-hydrogen) atoms. The van der Waals surface area contributed by atoms with Crippen molar-refractivity contribution < 1.29 is 9.47 Å². The second kappa shape index (κ2) is 8.84. The summed E-state index contributed by atoms with van der Waals surface area (Å²) in [4.78, 5) is 14.5. The zero-order valence-electron chi connectivity index (χ0n) is 21.4. The fourth-order valence-electron chi connectivity index (χ4n) is 7.53. The highest BCUT2D eigenvalue weighted by atomic mass is 32.1. The Bertz CT molecular complexity index is 1380. The maximum absolute atomic E-state index is 5.87. The molecule has 1 N–H and O–H groups in total. The number of rotatable bonds is 5. The summed E-state index contributed by atoms with van der Waals surface area (Å²) in [5.41, 5.74) is 5.31. The number of aromatic amines is 1. The highest BCUT2D eigenvalue weighted by molar-refractivity contribution is 7.18. The fourth-order valence-corrected chi connectivity index (χ4v) is 8.68. The van der Waals surface area contributed by atoms with Crippen molar-refractivity contribution >= 4 is 27.3 Å². The van der Waals surface area contributed by atoms with E-state index in [0.29, 0.717) is 11.8 Å². The Labute approximate surface area is 215 Å². The molecule has 7 rings (SSSR count). The van der Waals surface area contributed by atoms with E-state index in [1.165, 1.54) is 53.9 Å². The van der Waals surface area contributed by atoms with Crippen LogP contribution in [0.2, 0.25) is 0 Å². The SMILES string of the molecule is COc1cc(-c2[nH]c3sc(C4CCC(C5[C@@H]6CC[C@H]5COC6)CC4)nc3c2C(C)C)cn2ncnc12. The molecule has 0 aromatic carbocycles. The number of thiazole rings is 1. The van der Waals surface area contributed by atoms with Crippen LogP contribution in [0.5, 0.6) is 5.75 Å². The van der Waals surface area contributed by atoms with Gasteiger partial charge in [0.05, 0.1) is 17.8 Å². The third kappa shape index (κ3) is 3.59. The van der Waals surface area contributed by atoms with Crippen LogP contribution in [0.25, 0.3) is 27.3 Å². The number of pyridine rings is 1. The monoisotopic (exact) mass is 505 g/mol. The normalized spacial score (nSPS) is 28.5. The van der Waals surface area contributed by atoms with Crippen molar-refractivity contribution in [3.05, 3.63) is 29.2 Å². The molecule has 1 aliphatic heterocycles. The van der Waals surface area contributed by atoms with Crippen LogP contribution in [0.15, 0.2) is 18.6 Å². The maximum atomic E-state index is 5.87. The van der Waals surface area contributed by atoms with E-state index in [1.807, 2.05) is 17.5 Å². The quantitative estimate of drug-likeness (QED) is 0.339. The summed E-state index contributed by atoms with van der Waals surface area (Å²) < 4.78 is 13.3. The first kappa shape index (κ1) is 22.7. The molecule has 3 aliphatic rings. The van der Waals surface area contributed by atoms with Crippen LogP contribution >= 0.6 is 11.3 Å². The minimum atomic E-state index is 0.348. The maximum Gasteiger partial charge on any atom is 0.197 e. The van der Waals surface area contributed by atoms with E-state index in [-0.39, 0.29) is 0 Å². The first-order chi connectivity index (χ1) is 17.6. The molecule has 190 valence electrons. The Morgan fingerprint density at radius 2 is 1.83 bits per heavy atom. The highest BCUT2D eigenvalue weighted by Crippen LogP contribution is 2.51. The lowest BCUT2D eigenvalue weighted by Gasteiger charge is -2.39. The Hall–Kier alpha value is -2.45. The van der Waals surface area contributed by atoms with Crippen LogP contribution in [0, 0.1) is 23.7 Å². The lowest BCUT2D eigenvalue weighted by molar-refractivity contribution is -0.0221. The number of hydrogen-bond donors (Lipinski definition) is 1. The van der Waals surface area contributed by atoms with Crippen LogP contribution in [-0.2, 0) is 4.74 Å². The first-order valence-electron chi connectivity index (χ1n) is 13.6. The number of ether oxygens (including phenoxy) is 2. The van der Waals surface area contributed by atoms with Gasteiger partial charge in [0.1, 0.15) is 16.7 Å². The molecule has 5 heterocycles. The number of H-pyrrole nitrogens is 1. The molecule has 4 aromatic heterocycles. The molecule has 3 fully saturated rings. The Balaban J connectivity index is 1.16. The lowest BCUT2D eigenvalue weighted by Crippen LogP contribution is -2.35. The van der Waals surface area contributed by atoms with Gasteiger partial charge in [-0.2, -0.15) is 5.10 Å². The highest BCUT2D eigenvalue weighted by Gasteiger charge is 2.44. The average molecular weight is 506 g/mol. The summed E-state index contributed by atoms with van der Waals surface area (Å²) in [6.07, 6.45) is 11.6. The van der Waals surface area contributed by atoms with E-state index >= 15 is 0 Å². The van der Waals surface area contributed by atoms with Crippen molar-refractivity contribution in [1.29, 1.82) is 0 Å². The van der Waals surface area contributed by atoms with Crippen molar-refractivity contribution in [2.75, 3.05) is 20.3 Å². The number of hydrogen-bond acceptors (Lipinski definition) is 6. The zero-order chi connectivity index (χ0) is 24.4. The van der Waals surface area contributed by atoms with Gasteiger partial charge in [-0.05, 0) is 74.2 Å². The molecule has 0 amide bonds.